The van der Waals surface area contributed by atoms with Crippen molar-refractivity contribution in [1.29, 1.82) is 0 Å². The van der Waals surface area contributed by atoms with Gasteiger partial charge in [0.05, 0.1) is 16.8 Å². The van der Waals surface area contributed by atoms with Crippen molar-refractivity contribution in [3.05, 3.63) is 247 Å². The standard InChI is InChI=1S/C60H37N/c1-3-16-38(17-4-1)42-36-57(39-18-5-2-6-19-39)61-58(37-42)51-26-15-25-49-43-20-7-8-21-44(43)52-34-40(31-33-50(52)59(49)51)41-30-32-48-47-24-11-14-29-55(47)60(56(48)35-41)53-27-12-9-22-45(53)46-23-10-13-28-54(46)60/h1-37H. The molecule has 13 rings (SSSR count). The molecule has 0 saturated heterocycles. The molecule has 1 nitrogen and oxygen atoms in total. The number of hydrogen-bond acceptors (Lipinski definition) is 1. The molecule has 0 aliphatic heterocycles. The lowest BCUT2D eigenvalue weighted by molar-refractivity contribution is 0.794. The van der Waals surface area contributed by atoms with E-state index in [-0.39, 0.29) is 5.41 Å². The minimum absolute atomic E-state index is 0.385. The van der Waals surface area contributed by atoms with Crippen LogP contribution in [0.15, 0.2) is 224 Å². The number of hydrogen-bond donors (Lipinski definition) is 0. The fourth-order valence-electron chi connectivity index (χ4n) is 10.9. The maximum Gasteiger partial charge on any atom is 0.0725 e. The number of pyridine rings is 1. The van der Waals surface area contributed by atoms with Crippen LogP contribution in [-0.4, -0.2) is 4.98 Å². The SMILES string of the molecule is c1ccc(-c2cc(-c3ccccc3)nc(-c3cccc4c5ccccc5c5cc(-c6ccc7c(c6)C6(c8ccccc8-c8ccccc86)c6ccccc6-7)ccc5c34)c2)cc1. The van der Waals surface area contributed by atoms with E-state index in [1.54, 1.807) is 0 Å². The molecule has 0 radical (unpaired) electrons. The highest BCUT2D eigenvalue weighted by molar-refractivity contribution is 6.28. The molecule has 0 unspecified atom stereocenters. The van der Waals surface area contributed by atoms with Crippen molar-refractivity contribution in [2.75, 3.05) is 0 Å². The van der Waals surface area contributed by atoms with E-state index in [4.69, 9.17) is 4.98 Å². The van der Waals surface area contributed by atoms with Crippen LogP contribution in [0.5, 0.6) is 0 Å². The molecule has 1 aromatic heterocycles. The van der Waals surface area contributed by atoms with E-state index in [1.807, 2.05) is 0 Å². The second-order valence-corrected chi connectivity index (χ2v) is 16.5. The molecular formula is C60H37N. The Kier molecular flexibility index (Phi) is 7.29. The summed E-state index contributed by atoms with van der Waals surface area (Å²) >= 11 is 0. The fraction of sp³-hybridized carbons (Fsp3) is 0.0167. The van der Waals surface area contributed by atoms with Crippen LogP contribution in [0.1, 0.15) is 22.3 Å². The first kappa shape index (κ1) is 34.0. The second kappa shape index (κ2) is 13.1. The largest absolute Gasteiger partial charge is 0.248 e. The third-order valence-corrected chi connectivity index (χ3v) is 13.5. The molecular weight excluding hydrogens is 735 g/mol. The molecule has 282 valence electrons. The average Bonchev–Trinajstić information content (AvgIpc) is 3.81. The summed E-state index contributed by atoms with van der Waals surface area (Å²) < 4.78 is 0. The van der Waals surface area contributed by atoms with Gasteiger partial charge in [-0.2, -0.15) is 0 Å². The summed E-state index contributed by atoms with van der Waals surface area (Å²) in [7, 11) is 0. The molecule has 0 N–H and O–H groups in total. The molecule has 11 aromatic rings. The van der Waals surface area contributed by atoms with Gasteiger partial charge in [0.2, 0.25) is 0 Å². The molecule has 1 spiro atoms. The van der Waals surface area contributed by atoms with Crippen LogP contribution < -0.4 is 0 Å². The van der Waals surface area contributed by atoms with Gasteiger partial charge in [-0.15, -0.1) is 0 Å². The molecule has 0 fully saturated rings. The fourth-order valence-corrected chi connectivity index (χ4v) is 10.9. The summed E-state index contributed by atoms with van der Waals surface area (Å²) in [5.41, 5.74) is 19.3. The van der Waals surface area contributed by atoms with Gasteiger partial charge in [-0.1, -0.05) is 200 Å². The summed E-state index contributed by atoms with van der Waals surface area (Å²) in [4.78, 5) is 5.42. The number of rotatable bonds is 4. The lowest BCUT2D eigenvalue weighted by Crippen LogP contribution is -2.25. The van der Waals surface area contributed by atoms with Crippen LogP contribution in [-0.2, 0) is 5.41 Å². The normalized spacial score (nSPS) is 13.0. The maximum absolute atomic E-state index is 5.42. The minimum Gasteiger partial charge on any atom is -0.248 e. The Bertz CT molecular complexity index is 3460. The van der Waals surface area contributed by atoms with Crippen molar-refractivity contribution in [1.82, 2.24) is 4.98 Å². The molecule has 1 heterocycles. The Hall–Kier alpha value is -7.87. The molecule has 10 aromatic carbocycles. The zero-order valence-electron chi connectivity index (χ0n) is 33.3. The summed E-state index contributed by atoms with van der Waals surface area (Å²) in [5, 5.41) is 7.42. The van der Waals surface area contributed by atoms with Crippen molar-refractivity contribution in [2.45, 2.75) is 5.41 Å². The molecule has 61 heavy (non-hydrogen) atoms. The Morgan fingerprint density at radius 2 is 0.721 bits per heavy atom. The van der Waals surface area contributed by atoms with Gasteiger partial charge in [0.1, 0.15) is 0 Å². The highest BCUT2D eigenvalue weighted by atomic mass is 14.7. The Morgan fingerprint density at radius 3 is 1.39 bits per heavy atom. The highest BCUT2D eigenvalue weighted by Gasteiger charge is 2.51. The Balaban J connectivity index is 1.05. The van der Waals surface area contributed by atoms with Crippen molar-refractivity contribution >= 4 is 32.3 Å². The number of fused-ring (bicyclic) bond motifs is 16. The number of benzene rings is 10. The van der Waals surface area contributed by atoms with Crippen LogP contribution in [0, 0.1) is 0 Å². The smallest absolute Gasteiger partial charge is 0.0725 e. The van der Waals surface area contributed by atoms with Gasteiger partial charge in [0.15, 0.2) is 0 Å². The van der Waals surface area contributed by atoms with E-state index < -0.39 is 0 Å². The molecule has 1 heteroatoms. The van der Waals surface area contributed by atoms with Gasteiger partial charge in [-0.25, -0.2) is 4.98 Å². The topological polar surface area (TPSA) is 12.9 Å². The third-order valence-electron chi connectivity index (χ3n) is 13.5. The third kappa shape index (κ3) is 4.86. The van der Waals surface area contributed by atoms with E-state index in [9.17, 15) is 0 Å². The summed E-state index contributed by atoms with van der Waals surface area (Å²) in [5.74, 6) is 0. The zero-order valence-corrected chi connectivity index (χ0v) is 33.3. The van der Waals surface area contributed by atoms with Gasteiger partial charge in [-0.3, -0.25) is 0 Å². The quantitative estimate of drug-likeness (QED) is 0.162. The summed E-state index contributed by atoms with van der Waals surface area (Å²) in [6.45, 7) is 0. The van der Waals surface area contributed by atoms with Crippen molar-refractivity contribution < 1.29 is 0 Å². The first-order chi connectivity index (χ1) is 30.3. The van der Waals surface area contributed by atoms with E-state index in [0.29, 0.717) is 0 Å². The molecule has 0 atom stereocenters. The lowest BCUT2D eigenvalue weighted by Gasteiger charge is -2.30. The van der Waals surface area contributed by atoms with Crippen LogP contribution in [0.4, 0.5) is 0 Å². The first-order valence-electron chi connectivity index (χ1n) is 21.2. The molecule has 0 bridgehead atoms. The van der Waals surface area contributed by atoms with Crippen LogP contribution in [0.2, 0.25) is 0 Å². The van der Waals surface area contributed by atoms with Gasteiger partial charge in [-0.05, 0) is 123 Å². The van der Waals surface area contributed by atoms with E-state index in [0.717, 1.165) is 28.1 Å². The van der Waals surface area contributed by atoms with Gasteiger partial charge in [0, 0.05) is 11.1 Å². The van der Waals surface area contributed by atoms with Crippen molar-refractivity contribution in [3.63, 3.8) is 0 Å². The summed E-state index contributed by atoms with van der Waals surface area (Å²) in [6, 6.07) is 82.8. The molecule has 2 aliphatic carbocycles. The first-order valence-corrected chi connectivity index (χ1v) is 21.2. The van der Waals surface area contributed by atoms with Crippen molar-refractivity contribution in [2.24, 2.45) is 0 Å². The monoisotopic (exact) mass is 771 g/mol. The Morgan fingerprint density at radius 1 is 0.246 bits per heavy atom. The van der Waals surface area contributed by atoms with Gasteiger partial charge >= 0.3 is 0 Å². The highest BCUT2D eigenvalue weighted by Crippen LogP contribution is 2.63. The second-order valence-electron chi connectivity index (χ2n) is 16.5. The van der Waals surface area contributed by atoms with Crippen LogP contribution >= 0.6 is 0 Å². The number of aromatic nitrogens is 1. The maximum atomic E-state index is 5.42. The van der Waals surface area contributed by atoms with Crippen molar-refractivity contribution in [3.8, 4) is 67.0 Å². The predicted octanol–water partition coefficient (Wildman–Crippen LogP) is 15.6. The summed E-state index contributed by atoms with van der Waals surface area (Å²) in [6.07, 6.45) is 0. The predicted molar refractivity (Wildman–Crippen MR) is 255 cm³/mol. The lowest BCUT2D eigenvalue weighted by atomic mass is 9.70. The Labute approximate surface area is 354 Å². The molecule has 2 aliphatic rings. The minimum atomic E-state index is -0.385. The van der Waals surface area contributed by atoms with Crippen LogP contribution in [0.25, 0.3) is 99.3 Å². The molecule has 0 saturated carbocycles. The van der Waals surface area contributed by atoms with Gasteiger partial charge in [0.25, 0.3) is 0 Å². The zero-order chi connectivity index (χ0) is 40.1. The van der Waals surface area contributed by atoms with Crippen LogP contribution in [0.3, 0.4) is 0 Å². The van der Waals surface area contributed by atoms with E-state index >= 15 is 0 Å². The van der Waals surface area contributed by atoms with E-state index in [1.165, 1.54) is 93.5 Å². The van der Waals surface area contributed by atoms with Gasteiger partial charge < -0.3 is 0 Å². The van der Waals surface area contributed by atoms with E-state index in [2.05, 4.69) is 224 Å². The average molecular weight is 772 g/mol. The number of nitrogens with zero attached hydrogens (tertiary/aromatic N) is 1. The molecule has 0 amide bonds.